The molecular formula is C41H61N7O5. The lowest BCUT2D eigenvalue weighted by Gasteiger charge is -2.55. The largest absolute Gasteiger partial charge is 0.378 e. The summed E-state index contributed by atoms with van der Waals surface area (Å²) in [6, 6.07) is 15.3. The van der Waals surface area contributed by atoms with Gasteiger partial charge in [0.2, 0.25) is 23.6 Å². The lowest BCUT2D eigenvalue weighted by atomic mass is 9.71. The number of hydrogen-bond acceptors (Lipinski definition) is 8. The third-order valence-electron chi connectivity index (χ3n) is 11.1. The number of aliphatic hydroxyl groups excluding tert-OH is 1. The van der Waals surface area contributed by atoms with Gasteiger partial charge in [0, 0.05) is 32.6 Å². The first-order valence-electron chi connectivity index (χ1n) is 19.6. The fraction of sp³-hybridized carbons (Fsp3) is 0.610. The monoisotopic (exact) mass is 731 g/mol. The Morgan fingerprint density at radius 2 is 1.34 bits per heavy atom. The normalized spacial score (nSPS) is 19.8. The summed E-state index contributed by atoms with van der Waals surface area (Å²) in [5.74, 6) is -1.04. The number of aliphatic hydroxyl groups is 1. The minimum Gasteiger partial charge on any atom is -0.378 e. The van der Waals surface area contributed by atoms with Crippen LogP contribution in [0.4, 0.5) is 0 Å². The molecule has 290 valence electrons. The van der Waals surface area contributed by atoms with Crippen molar-refractivity contribution in [2.45, 2.75) is 108 Å². The third kappa shape index (κ3) is 11.6. The Morgan fingerprint density at radius 3 is 1.91 bits per heavy atom. The minimum absolute atomic E-state index is 0.0534. The standard InChI is InChI=1S/C41H61N7O5/c1-28(2)23-34(46-38(51)35(25-30-13-7-4-8-14-30)45-36(49)32(43)24-29-11-5-3-6-12-29)37(50)44-33(15-9-10-20-42)40(53)47-21-18-41(19-22-47)26-48(27-41)39(52)31-16-17-31/h3-8,11-14,28,31-35,39,52H,9-10,15-27,42-43H2,1-2H3,(H,44,50)(H,45,49)(H,46,51)/t32-,33-,34-,35-,39?/m1/s1. The van der Waals surface area contributed by atoms with Gasteiger partial charge in [-0.05, 0) is 92.7 Å². The average Bonchev–Trinajstić information content (AvgIpc) is 3.99. The van der Waals surface area contributed by atoms with Crippen molar-refractivity contribution in [2.24, 2.45) is 28.7 Å². The molecular weight excluding hydrogens is 670 g/mol. The molecule has 2 heterocycles. The fourth-order valence-corrected chi connectivity index (χ4v) is 7.73. The van der Waals surface area contributed by atoms with Gasteiger partial charge in [0.25, 0.3) is 0 Å². The molecule has 53 heavy (non-hydrogen) atoms. The number of amides is 4. The highest BCUT2D eigenvalue weighted by Gasteiger charge is 2.50. The van der Waals surface area contributed by atoms with E-state index in [0.29, 0.717) is 51.2 Å². The molecule has 8 N–H and O–H groups in total. The zero-order valence-electron chi connectivity index (χ0n) is 31.6. The molecule has 12 heteroatoms. The van der Waals surface area contributed by atoms with Crippen molar-refractivity contribution in [1.82, 2.24) is 25.8 Å². The van der Waals surface area contributed by atoms with Gasteiger partial charge in [0.05, 0.1) is 6.04 Å². The third-order valence-corrected chi connectivity index (χ3v) is 11.1. The summed E-state index contributed by atoms with van der Waals surface area (Å²) < 4.78 is 0. The number of benzene rings is 2. The van der Waals surface area contributed by atoms with Crippen LogP contribution in [0, 0.1) is 17.3 Å². The van der Waals surface area contributed by atoms with Crippen LogP contribution in [0.5, 0.6) is 0 Å². The molecule has 1 saturated carbocycles. The van der Waals surface area contributed by atoms with Crippen LogP contribution in [0.2, 0.25) is 0 Å². The first kappa shape index (κ1) is 40.3. The first-order chi connectivity index (χ1) is 25.5. The van der Waals surface area contributed by atoms with Gasteiger partial charge in [-0.3, -0.25) is 24.1 Å². The van der Waals surface area contributed by atoms with Crippen molar-refractivity contribution >= 4 is 23.6 Å². The molecule has 2 aliphatic heterocycles. The van der Waals surface area contributed by atoms with E-state index in [2.05, 4.69) is 20.9 Å². The summed E-state index contributed by atoms with van der Waals surface area (Å²) in [4.78, 5) is 59.4. The highest BCUT2D eigenvalue weighted by Crippen LogP contribution is 2.45. The maximum Gasteiger partial charge on any atom is 0.245 e. The number of unbranched alkanes of at least 4 members (excludes halogenated alkanes) is 1. The number of nitrogens with zero attached hydrogens (tertiary/aromatic N) is 2. The van der Waals surface area contributed by atoms with E-state index in [9.17, 15) is 24.3 Å². The summed E-state index contributed by atoms with van der Waals surface area (Å²) in [5.41, 5.74) is 14.0. The van der Waals surface area contributed by atoms with Crippen LogP contribution >= 0.6 is 0 Å². The molecule has 12 nitrogen and oxygen atoms in total. The second kappa shape index (κ2) is 19.0. The molecule has 3 aliphatic rings. The van der Waals surface area contributed by atoms with E-state index in [4.69, 9.17) is 11.5 Å². The Bertz CT molecular complexity index is 1490. The van der Waals surface area contributed by atoms with Crippen molar-refractivity contribution in [3.8, 4) is 0 Å². The summed E-state index contributed by atoms with van der Waals surface area (Å²) in [6.07, 6.45) is 6.29. The number of rotatable bonds is 19. The average molecular weight is 732 g/mol. The van der Waals surface area contributed by atoms with Crippen LogP contribution in [0.25, 0.3) is 0 Å². The molecule has 3 fully saturated rings. The maximum atomic E-state index is 14.0. The van der Waals surface area contributed by atoms with Gasteiger partial charge in [-0.2, -0.15) is 0 Å². The van der Waals surface area contributed by atoms with Crippen molar-refractivity contribution < 1.29 is 24.3 Å². The number of nitrogens with one attached hydrogen (secondary N) is 3. The first-order valence-corrected chi connectivity index (χ1v) is 19.6. The predicted octanol–water partition coefficient (Wildman–Crippen LogP) is 2.08. The number of piperidine rings is 1. The van der Waals surface area contributed by atoms with E-state index in [-0.39, 0.29) is 29.9 Å². The molecule has 2 aromatic carbocycles. The molecule has 0 bridgehead atoms. The Morgan fingerprint density at radius 1 is 0.792 bits per heavy atom. The molecule has 1 aliphatic carbocycles. The predicted molar refractivity (Wildman–Crippen MR) is 205 cm³/mol. The van der Waals surface area contributed by atoms with Crippen molar-refractivity contribution in [2.75, 3.05) is 32.7 Å². The van der Waals surface area contributed by atoms with Gasteiger partial charge in [0.15, 0.2) is 0 Å². The molecule has 4 amide bonds. The van der Waals surface area contributed by atoms with E-state index in [1.54, 1.807) is 0 Å². The summed E-state index contributed by atoms with van der Waals surface area (Å²) >= 11 is 0. The molecule has 0 radical (unpaired) electrons. The van der Waals surface area contributed by atoms with E-state index < -0.39 is 41.9 Å². The zero-order valence-corrected chi connectivity index (χ0v) is 31.6. The summed E-state index contributed by atoms with van der Waals surface area (Å²) in [7, 11) is 0. The second-order valence-electron chi connectivity index (χ2n) is 16.1. The van der Waals surface area contributed by atoms with Crippen LogP contribution in [-0.4, -0.2) is 102 Å². The Hall–Kier alpha value is -3.84. The molecule has 2 saturated heterocycles. The molecule has 5 atom stereocenters. The molecule has 5 rings (SSSR count). The van der Waals surface area contributed by atoms with Gasteiger partial charge in [-0.15, -0.1) is 0 Å². The van der Waals surface area contributed by atoms with Crippen molar-refractivity contribution in [3.63, 3.8) is 0 Å². The zero-order chi connectivity index (χ0) is 38.0. The smallest absolute Gasteiger partial charge is 0.245 e. The summed E-state index contributed by atoms with van der Waals surface area (Å²) in [5, 5.41) is 19.3. The highest BCUT2D eigenvalue weighted by molar-refractivity contribution is 5.95. The SMILES string of the molecule is CC(C)C[C@@H](NC(=O)[C@@H](Cc1ccccc1)NC(=O)[C@H](N)Cc1ccccc1)C(=O)N[C@H](CCCCN)C(=O)N1CCC2(CC1)CN(C(O)C1CC1)C2. The lowest BCUT2D eigenvalue weighted by molar-refractivity contribution is -0.152. The maximum absolute atomic E-state index is 14.0. The van der Waals surface area contributed by atoms with Crippen molar-refractivity contribution in [3.05, 3.63) is 71.8 Å². The molecule has 1 unspecified atom stereocenters. The van der Waals surface area contributed by atoms with Gasteiger partial charge >= 0.3 is 0 Å². The molecule has 1 spiro atoms. The van der Waals surface area contributed by atoms with Crippen LogP contribution in [0.1, 0.15) is 76.3 Å². The van der Waals surface area contributed by atoms with E-state index in [1.165, 1.54) is 0 Å². The summed E-state index contributed by atoms with van der Waals surface area (Å²) in [6.45, 7) is 7.37. The molecule has 0 aromatic heterocycles. The Labute approximate surface area is 314 Å². The number of likely N-dealkylation sites (tertiary alicyclic amines) is 2. The number of carbonyl (C=O) groups excluding carboxylic acids is 4. The lowest BCUT2D eigenvalue weighted by Crippen LogP contribution is -2.64. The Balaban J connectivity index is 1.23. The van der Waals surface area contributed by atoms with Gasteiger partial charge in [-0.25, -0.2) is 0 Å². The van der Waals surface area contributed by atoms with Crippen LogP contribution in [-0.2, 0) is 32.0 Å². The minimum atomic E-state index is -0.982. The number of carbonyl (C=O) groups is 4. The quantitative estimate of drug-likeness (QED) is 0.119. The van der Waals surface area contributed by atoms with Gasteiger partial charge in [0.1, 0.15) is 24.4 Å². The van der Waals surface area contributed by atoms with Crippen LogP contribution in [0.15, 0.2) is 60.7 Å². The number of hydrogen-bond donors (Lipinski definition) is 6. The van der Waals surface area contributed by atoms with Crippen LogP contribution in [0.3, 0.4) is 0 Å². The van der Waals surface area contributed by atoms with Crippen LogP contribution < -0.4 is 27.4 Å². The van der Waals surface area contributed by atoms with E-state index in [0.717, 1.165) is 56.3 Å². The van der Waals surface area contributed by atoms with Gasteiger partial charge in [-0.1, -0.05) is 74.5 Å². The number of nitrogens with two attached hydrogens (primary N) is 2. The topological polar surface area (TPSA) is 183 Å². The highest BCUT2D eigenvalue weighted by atomic mass is 16.3. The van der Waals surface area contributed by atoms with E-state index >= 15 is 0 Å². The molecule has 2 aromatic rings. The van der Waals surface area contributed by atoms with Crippen molar-refractivity contribution in [1.29, 1.82) is 0 Å². The van der Waals surface area contributed by atoms with E-state index in [1.807, 2.05) is 79.4 Å². The van der Waals surface area contributed by atoms with Gasteiger partial charge < -0.3 is 37.4 Å². The fourth-order valence-electron chi connectivity index (χ4n) is 7.73. The second-order valence-corrected chi connectivity index (χ2v) is 16.1. The Kier molecular flexibility index (Phi) is 14.4.